The van der Waals surface area contributed by atoms with Gasteiger partial charge in [-0.3, -0.25) is 9.67 Å². The standard InChI is InChI=1S/C11H14N4/c1-8-7-13-5-3-10(8)9(2)15-6-4-11(12)14-15/h3-7,9H,1-2H3,(H2,12,14). The predicted octanol–water partition coefficient (Wildman–Crippen LogP) is 1.78. The summed E-state index contributed by atoms with van der Waals surface area (Å²) in [6.07, 6.45) is 5.55. The summed E-state index contributed by atoms with van der Waals surface area (Å²) in [6, 6.07) is 4.00. The summed E-state index contributed by atoms with van der Waals surface area (Å²) in [4.78, 5) is 4.07. The van der Waals surface area contributed by atoms with Crippen LogP contribution >= 0.6 is 0 Å². The van der Waals surface area contributed by atoms with Gasteiger partial charge in [-0.15, -0.1) is 0 Å². The largest absolute Gasteiger partial charge is 0.382 e. The molecule has 2 aromatic heterocycles. The van der Waals surface area contributed by atoms with E-state index < -0.39 is 0 Å². The normalized spacial score (nSPS) is 12.7. The molecule has 2 rings (SSSR count). The molecule has 2 N–H and O–H groups in total. The van der Waals surface area contributed by atoms with Crippen LogP contribution in [0.4, 0.5) is 5.82 Å². The van der Waals surface area contributed by atoms with E-state index >= 15 is 0 Å². The third kappa shape index (κ3) is 1.83. The molecule has 2 aromatic rings. The number of anilines is 1. The molecule has 0 aliphatic rings. The number of aromatic nitrogens is 3. The highest BCUT2D eigenvalue weighted by molar-refractivity contribution is 5.28. The fourth-order valence-corrected chi connectivity index (χ4v) is 1.66. The minimum Gasteiger partial charge on any atom is -0.382 e. The number of rotatable bonds is 2. The van der Waals surface area contributed by atoms with E-state index in [1.807, 2.05) is 30.1 Å². The van der Waals surface area contributed by atoms with Gasteiger partial charge in [0.2, 0.25) is 0 Å². The smallest absolute Gasteiger partial charge is 0.145 e. The SMILES string of the molecule is Cc1cnccc1C(C)n1ccc(N)n1. The Balaban J connectivity index is 2.36. The molecule has 0 aliphatic heterocycles. The molecule has 0 fully saturated rings. The Bertz CT molecular complexity index is 461. The van der Waals surface area contributed by atoms with Crippen LogP contribution in [0.3, 0.4) is 0 Å². The number of pyridine rings is 1. The van der Waals surface area contributed by atoms with Gasteiger partial charge in [0.25, 0.3) is 0 Å². The molecule has 78 valence electrons. The van der Waals surface area contributed by atoms with E-state index in [9.17, 15) is 0 Å². The minimum absolute atomic E-state index is 0.185. The highest BCUT2D eigenvalue weighted by Gasteiger charge is 2.10. The maximum absolute atomic E-state index is 5.59. The fourth-order valence-electron chi connectivity index (χ4n) is 1.66. The monoisotopic (exact) mass is 202 g/mol. The van der Waals surface area contributed by atoms with Crippen LogP contribution in [0.5, 0.6) is 0 Å². The molecular formula is C11H14N4. The van der Waals surface area contributed by atoms with Crippen molar-refractivity contribution in [2.24, 2.45) is 0 Å². The van der Waals surface area contributed by atoms with Crippen LogP contribution in [0.2, 0.25) is 0 Å². The Hall–Kier alpha value is -1.84. The van der Waals surface area contributed by atoms with Gasteiger partial charge >= 0.3 is 0 Å². The lowest BCUT2D eigenvalue weighted by atomic mass is 10.1. The van der Waals surface area contributed by atoms with Crippen LogP contribution in [0, 0.1) is 6.92 Å². The first-order valence-corrected chi connectivity index (χ1v) is 4.89. The fraction of sp³-hybridized carbons (Fsp3) is 0.273. The molecule has 0 aliphatic carbocycles. The Morgan fingerprint density at radius 1 is 1.40 bits per heavy atom. The summed E-state index contributed by atoms with van der Waals surface area (Å²) in [5, 5.41) is 4.20. The molecule has 4 heteroatoms. The Labute approximate surface area is 88.8 Å². The molecule has 0 saturated carbocycles. The highest BCUT2D eigenvalue weighted by atomic mass is 15.3. The zero-order valence-corrected chi connectivity index (χ0v) is 8.88. The van der Waals surface area contributed by atoms with Crippen LogP contribution in [-0.4, -0.2) is 14.8 Å². The number of nitrogens with zero attached hydrogens (tertiary/aromatic N) is 3. The van der Waals surface area contributed by atoms with Gasteiger partial charge in [0.1, 0.15) is 5.82 Å². The van der Waals surface area contributed by atoms with E-state index in [0.717, 1.165) is 0 Å². The van der Waals surface area contributed by atoms with Crippen molar-refractivity contribution in [1.29, 1.82) is 0 Å². The van der Waals surface area contributed by atoms with Crippen LogP contribution in [0.25, 0.3) is 0 Å². The van der Waals surface area contributed by atoms with Gasteiger partial charge in [-0.25, -0.2) is 0 Å². The molecule has 1 atom stereocenters. The zero-order valence-electron chi connectivity index (χ0n) is 8.88. The quantitative estimate of drug-likeness (QED) is 0.807. The second-order valence-electron chi connectivity index (χ2n) is 3.63. The summed E-state index contributed by atoms with van der Waals surface area (Å²) in [5.74, 6) is 0.550. The summed E-state index contributed by atoms with van der Waals surface area (Å²) in [7, 11) is 0. The van der Waals surface area contributed by atoms with Gasteiger partial charge in [-0.2, -0.15) is 5.10 Å². The summed E-state index contributed by atoms with van der Waals surface area (Å²) >= 11 is 0. The molecule has 15 heavy (non-hydrogen) atoms. The van der Waals surface area contributed by atoms with Crippen molar-refractivity contribution in [3.05, 3.63) is 41.9 Å². The third-order valence-corrected chi connectivity index (χ3v) is 2.54. The molecule has 0 saturated heterocycles. The molecule has 0 radical (unpaired) electrons. The van der Waals surface area contributed by atoms with Crippen LogP contribution in [0.15, 0.2) is 30.7 Å². The van der Waals surface area contributed by atoms with E-state index in [1.165, 1.54) is 11.1 Å². The lowest BCUT2D eigenvalue weighted by Gasteiger charge is -2.14. The van der Waals surface area contributed by atoms with E-state index in [4.69, 9.17) is 5.73 Å². The van der Waals surface area contributed by atoms with Gasteiger partial charge in [-0.1, -0.05) is 0 Å². The molecule has 1 unspecified atom stereocenters. The van der Waals surface area contributed by atoms with Crippen molar-refractivity contribution >= 4 is 5.82 Å². The van der Waals surface area contributed by atoms with Crippen LogP contribution < -0.4 is 5.73 Å². The summed E-state index contributed by atoms with van der Waals surface area (Å²) < 4.78 is 1.86. The van der Waals surface area contributed by atoms with E-state index in [2.05, 4.69) is 17.0 Å². The third-order valence-electron chi connectivity index (χ3n) is 2.54. The number of nitrogens with two attached hydrogens (primary N) is 1. The van der Waals surface area contributed by atoms with Crippen molar-refractivity contribution in [3.63, 3.8) is 0 Å². The zero-order chi connectivity index (χ0) is 10.8. The Morgan fingerprint density at radius 3 is 2.80 bits per heavy atom. The lowest BCUT2D eigenvalue weighted by Crippen LogP contribution is -2.09. The summed E-state index contributed by atoms with van der Waals surface area (Å²) in [6.45, 7) is 4.14. The molecule has 4 nitrogen and oxygen atoms in total. The van der Waals surface area contributed by atoms with Gasteiger partial charge in [0.15, 0.2) is 0 Å². The van der Waals surface area contributed by atoms with Gasteiger partial charge in [0.05, 0.1) is 6.04 Å². The van der Waals surface area contributed by atoms with Gasteiger partial charge in [0, 0.05) is 18.6 Å². The van der Waals surface area contributed by atoms with Crippen molar-refractivity contribution < 1.29 is 0 Å². The van der Waals surface area contributed by atoms with Crippen LogP contribution in [-0.2, 0) is 0 Å². The first-order valence-electron chi connectivity index (χ1n) is 4.89. The number of aryl methyl sites for hydroxylation is 1. The first kappa shape index (κ1) is 9.71. The average molecular weight is 202 g/mol. The number of hydrogen-bond donors (Lipinski definition) is 1. The van der Waals surface area contributed by atoms with E-state index in [0.29, 0.717) is 5.82 Å². The van der Waals surface area contributed by atoms with Crippen molar-refractivity contribution in [2.75, 3.05) is 5.73 Å². The van der Waals surface area contributed by atoms with Crippen molar-refractivity contribution in [1.82, 2.24) is 14.8 Å². The van der Waals surface area contributed by atoms with E-state index in [1.54, 1.807) is 12.3 Å². The maximum atomic E-state index is 5.59. The minimum atomic E-state index is 0.185. The van der Waals surface area contributed by atoms with Crippen molar-refractivity contribution in [2.45, 2.75) is 19.9 Å². The lowest BCUT2D eigenvalue weighted by molar-refractivity contribution is 0.563. The second-order valence-corrected chi connectivity index (χ2v) is 3.63. The molecule has 0 aromatic carbocycles. The highest BCUT2D eigenvalue weighted by Crippen LogP contribution is 2.20. The Kier molecular flexibility index (Phi) is 2.41. The van der Waals surface area contributed by atoms with E-state index in [-0.39, 0.29) is 6.04 Å². The molecule has 2 heterocycles. The number of nitrogen functional groups attached to an aromatic ring is 1. The molecule has 0 amide bonds. The molecule has 0 bridgehead atoms. The average Bonchev–Trinajstić information content (AvgIpc) is 2.65. The molecule has 0 spiro atoms. The second kappa shape index (κ2) is 3.73. The maximum Gasteiger partial charge on any atom is 0.145 e. The first-order chi connectivity index (χ1) is 7.18. The number of hydrogen-bond acceptors (Lipinski definition) is 3. The van der Waals surface area contributed by atoms with Gasteiger partial charge in [-0.05, 0) is 37.1 Å². The van der Waals surface area contributed by atoms with Crippen LogP contribution in [0.1, 0.15) is 24.1 Å². The predicted molar refractivity (Wildman–Crippen MR) is 59.4 cm³/mol. The summed E-state index contributed by atoms with van der Waals surface area (Å²) in [5.41, 5.74) is 7.97. The topological polar surface area (TPSA) is 56.7 Å². The Morgan fingerprint density at radius 2 is 2.20 bits per heavy atom. The molecular weight excluding hydrogens is 188 g/mol. The van der Waals surface area contributed by atoms with Crippen molar-refractivity contribution in [3.8, 4) is 0 Å². The van der Waals surface area contributed by atoms with Gasteiger partial charge < -0.3 is 5.73 Å².